The lowest BCUT2D eigenvalue weighted by Crippen LogP contribution is -2.56. The lowest BCUT2D eigenvalue weighted by Gasteiger charge is -2.54. The van der Waals surface area contributed by atoms with E-state index >= 15 is 0 Å². The van der Waals surface area contributed by atoms with Gasteiger partial charge in [-0.25, -0.2) is 0 Å². The summed E-state index contributed by atoms with van der Waals surface area (Å²) in [4.78, 5) is 23.6. The Kier molecular flexibility index (Phi) is 3.85. The molecule has 4 aliphatic rings. The Morgan fingerprint density at radius 3 is 2.24 bits per heavy atom. The summed E-state index contributed by atoms with van der Waals surface area (Å²) in [5.41, 5.74) is 0.807. The van der Waals surface area contributed by atoms with Crippen LogP contribution in [0.3, 0.4) is 0 Å². The topological polar surface area (TPSA) is 90.1 Å². The molecule has 5 rings (SSSR count). The van der Waals surface area contributed by atoms with Crippen LogP contribution in [0, 0.1) is 47.6 Å². The van der Waals surface area contributed by atoms with Crippen molar-refractivity contribution in [1.29, 1.82) is 0 Å². The van der Waals surface area contributed by atoms with Gasteiger partial charge in [-0.15, -0.1) is 0 Å². The molecule has 0 aromatic carbocycles. The van der Waals surface area contributed by atoms with Gasteiger partial charge in [-0.2, -0.15) is 5.10 Å². The minimum atomic E-state index is -0.537. The maximum atomic E-state index is 12.8. The molecule has 1 aromatic heterocycles. The number of nitro groups is 1. The highest BCUT2D eigenvalue weighted by Crippen LogP contribution is 2.53. The van der Waals surface area contributed by atoms with Crippen LogP contribution in [0.2, 0.25) is 0 Å². The van der Waals surface area contributed by atoms with Crippen LogP contribution in [0.5, 0.6) is 0 Å². The molecule has 4 aliphatic carbocycles. The molecule has 7 nitrogen and oxygen atoms in total. The molecule has 0 radical (unpaired) electrons. The SMILES string of the molecule is Cc1nn(C(C)C(=O)NC2C3CC4CC(C3)CC2C4)c(C)c1[N+](=O)[O-]. The number of hydrogen-bond acceptors (Lipinski definition) is 4. The molecule has 1 unspecified atom stereocenters. The van der Waals surface area contributed by atoms with Gasteiger partial charge in [-0.1, -0.05) is 0 Å². The van der Waals surface area contributed by atoms with E-state index in [1.807, 2.05) is 0 Å². The van der Waals surface area contributed by atoms with Crippen LogP contribution in [0.15, 0.2) is 0 Å². The second kappa shape index (κ2) is 5.81. The highest BCUT2D eigenvalue weighted by molar-refractivity contribution is 5.80. The number of rotatable bonds is 4. The van der Waals surface area contributed by atoms with E-state index in [1.165, 1.54) is 36.8 Å². The summed E-state index contributed by atoms with van der Waals surface area (Å²) in [7, 11) is 0. The first-order valence-electron chi connectivity index (χ1n) is 9.35. The Bertz CT molecular complexity index is 698. The molecule has 7 heteroatoms. The van der Waals surface area contributed by atoms with Crippen LogP contribution >= 0.6 is 0 Å². The lowest BCUT2D eigenvalue weighted by atomic mass is 9.54. The third-order valence-electron chi connectivity index (χ3n) is 6.75. The van der Waals surface area contributed by atoms with Crippen molar-refractivity contribution < 1.29 is 9.72 Å². The smallest absolute Gasteiger partial charge is 0.312 e. The van der Waals surface area contributed by atoms with E-state index in [9.17, 15) is 14.9 Å². The highest BCUT2D eigenvalue weighted by Gasteiger charge is 2.48. The van der Waals surface area contributed by atoms with Gasteiger partial charge in [-0.05, 0) is 76.5 Å². The van der Waals surface area contributed by atoms with Gasteiger partial charge in [0, 0.05) is 6.04 Å². The average molecular weight is 346 g/mol. The summed E-state index contributed by atoms with van der Waals surface area (Å²) in [5.74, 6) is 2.89. The molecule has 0 aliphatic heterocycles. The van der Waals surface area contributed by atoms with E-state index in [4.69, 9.17) is 0 Å². The van der Waals surface area contributed by atoms with E-state index in [-0.39, 0.29) is 17.6 Å². The van der Waals surface area contributed by atoms with E-state index in [0.717, 1.165) is 11.8 Å². The number of carbonyl (C=O) groups is 1. The van der Waals surface area contributed by atoms with Gasteiger partial charge in [0.1, 0.15) is 17.4 Å². The number of hydrogen-bond donors (Lipinski definition) is 1. The fourth-order valence-electron chi connectivity index (χ4n) is 5.85. The third-order valence-corrected chi connectivity index (χ3v) is 6.75. The Labute approximate surface area is 147 Å². The first kappa shape index (κ1) is 16.5. The molecule has 1 amide bonds. The van der Waals surface area contributed by atoms with Crippen LogP contribution in [0.25, 0.3) is 0 Å². The fourth-order valence-corrected chi connectivity index (χ4v) is 5.85. The molecule has 4 fully saturated rings. The monoisotopic (exact) mass is 346 g/mol. The molecular formula is C18H26N4O3. The molecular weight excluding hydrogens is 320 g/mol. The molecule has 1 N–H and O–H groups in total. The van der Waals surface area contributed by atoms with E-state index in [0.29, 0.717) is 23.2 Å². The predicted molar refractivity (Wildman–Crippen MR) is 92.0 cm³/mol. The van der Waals surface area contributed by atoms with Crippen LogP contribution in [-0.4, -0.2) is 26.7 Å². The minimum Gasteiger partial charge on any atom is -0.351 e. The van der Waals surface area contributed by atoms with E-state index < -0.39 is 11.0 Å². The summed E-state index contributed by atoms with van der Waals surface area (Å²) in [6.45, 7) is 5.05. The van der Waals surface area contributed by atoms with Crippen LogP contribution in [0.4, 0.5) is 5.69 Å². The molecule has 25 heavy (non-hydrogen) atoms. The van der Waals surface area contributed by atoms with Crippen LogP contribution in [-0.2, 0) is 4.79 Å². The molecule has 1 aromatic rings. The zero-order valence-corrected chi connectivity index (χ0v) is 15.1. The highest BCUT2D eigenvalue weighted by atomic mass is 16.6. The largest absolute Gasteiger partial charge is 0.351 e. The van der Waals surface area contributed by atoms with Gasteiger partial charge in [0.2, 0.25) is 5.91 Å². The van der Waals surface area contributed by atoms with Gasteiger partial charge in [0.15, 0.2) is 0 Å². The summed E-state index contributed by atoms with van der Waals surface area (Å²) in [6, 6.07) is -0.265. The van der Waals surface area contributed by atoms with Gasteiger partial charge in [0.25, 0.3) is 0 Å². The van der Waals surface area contributed by atoms with Crippen molar-refractivity contribution in [3.63, 3.8) is 0 Å². The lowest BCUT2D eigenvalue weighted by molar-refractivity contribution is -0.386. The first-order chi connectivity index (χ1) is 11.8. The second-order valence-corrected chi connectivity index (χ2v) is 8.36. The number of amides is 1. The van der Waals surface area contributed by atoms with Crippen molar-refractivity contribution in [3.05, 3.63) is 21.5 Å². The minimum absolute atomic E-state index is 0.00859. The van der Waals surface area contributed by atoms with Gasteiger partial charge < -0.3 is 5.32 Å². The summed E-state index contributed by atoms with van der Waals surface area (Å²) in [5, 5.41) is 18.7. The number of aromatic nitrogens is 2. The fraction of sp³-hybridized carbons (Fsp3) is 0.778. The molecule has 1 heterocycles. The van der Waals surface area contributed by atoms with Gasteiger partial charge in [0.05, 0.1) is 4.92 Å². The predicted octanol–water partition coefficient (Wildman–Crippen LogP) is 2.91. The molecule has 1 atom stereocenters. The summed E-state index contributed by atoms with van der Waals surface area (Å²) in [6.07, 6.45) is 6.38. The first-order valence-corrected chi connectivity index (χ1v) is 9.35. The number of carbonyl (C=O) groups excluding carboxylic acids is 1. The van der Waals surface area contributed by atoms with Crippen molar-refractivity contribution in [2.24, 2.45) is 23.7 Å². The summed E-state index contributed by atoms with van der Waals surface area (Å²) < 4.78 is 1.50. The maximum absolute atomic E-state index is 12.8. The van der Waals surface area contributed by atoms with Crippen molar-refractivity contribution in [1.82, 2.24) is 15.1 Å². The average Bonchev–Trinajstić information content (AvgIpc) is 2.84. The molecule has 136 valence electrons. The molecule has 4 bridgehead atoms. The molecule has 0 saturated heterocycles. The number of nitrogens with one attached hydrogen (secondary N) is 1. The Balaban J connectivity index is 1.50. The molecule has 4 saturated carbocycles. The third kappa shape index (κ3) is 2.64. The number of nitrogens with zero attached hydrogens (tertiary/aromatic N) is 3. The van der Waals surface area contributed by atoms with Gasteiger partial charge in [-0.3, -0.25) is 19.6 Å². The van der Waals surface area contributed by atoms with E-state index in [2.05, 4.69) is 10.4 Å². The quantitative estimate of drug-likeness (QED) is 0.670. The van der Waals surface area contributed by atoms with Crippen molar-refractivity contribution >= 4 is 11.6 Å². The standard InChI is InChI=1S/C18H26N4O3/c1-9-17(22(24)25)10(2)21(20-9)11(3)18(23)19-16-14-5-12-4-13(7-14)8-15(16)6-12/h11-16H,4-8H2,1-3H3,(H,19,23). The zero-order chi connectivity index (χ0) is 17.9. The Morgan fingerprint density at radius 2 is 1.76 bits per heavy atom. The van der Waals surface area contributed by atoms with Crippen molar-refractivity contribution in [2.45, 2.75) is 65.0 Å². The van der Waals surface area contributed by atoms with Crippen molar-refractivity contribution in [2.75, 3.05) is 0 Å². The normalized spacial score (nSPS) is 34.1. The van der Waals surface area contributed by atoms with Crippen LogP contribution in [0.1, 0.15) is 56.5 Å². The number of aryl methyl sites for hydroxylation is 1. The zero-order valence-electron chi connectivity index (χ0n) is 15.1. The molecule has 0 spiro atoms. The van der Waals surface area contributed by atoms with Crippen LogP contribution < -0.4 is 5.32 Å². The summed E-state index contributed by atoms with van der Waals surface area (Å²) >= 11 is 0. The Morgan fingerprint density at radius 1 is 1.20 bits per heavy atom. The second-order valence-electron chi connectivity index (χ2n) is 8.36. The van der Waals surface area contributed by atoms with Gasteiger partial charge >= 0.3 is 5.69 Å². The maximum Gasteiger partial charge on any atom is 0.312 e. The van der Waals surface area contributed by atoms with Crippen molar-refractivity contribution in [3.8, 4) is 0 Å². The Hall–Kier alpha value is -1.92. The van der Waals surface area contributed by atoms with E-state index in [1.54, 1.807) is 20.8 Å².